The second kappa shape index (κ2) is 4.35. The van der Waals surface area contributed by atoms with Gasteiger partial charge in [-0.3, -0.25) is 14.3 Å². The van der Waals surface area contributed by atoms with E-state index in [1.165, 1.54) is 14.0 Å². The van der Waals surface area contributed by atoms with Crippen molar-refractivity contribution in [3.63, 3.8) is 0 Å². The maximum Gasteiger partial charge on any atom is 0.330 e. The molecule has 0 aliphatic carbocycles. The van der Waals surface area contributed by atoms with Crippen molar-refractivity contribution in [3.8, 4) is 12.3 Å². The Labute approximate surface area is 91.5 Å². The number of nitrogens with one attached hydrogen (secondary N) is 1. The van der Waals surface area contributed by atoms with Crippen LogP contribution in [-0.2, 0) is 4.74 Å². The van der Waals surface area contributed by atoms with Crippen LogP contribution in [0.25, 0.3) is 0 Å². The van der Waals surface area contributed by atoms with E-state index in [-0.39, 0.29) is 0 Å². The molecule has 6 heteroatoms. The van der Waals surface area contributed by atoms with Crippen LogP contribution in [0, 0.1) is 12.3 Å². The molecule has 0 saturated heterocycles. The molecule has 0 aromatic carbocycles. The maximum atomic E-state index is 11.4. The molecule has 1 heterocycles. The van der Waals surface area contributed by atoms with Crippen molar-refractivity contribution in [2.24, 2.45) is 0 Å². The molecule has 2 unspecified atom stereocenters. The molecule has 0 fully saturated rings. The normalized spacial score (nSPS) is 16.1. The van der Waals surface area contributed by atoms with Gasteiger partial charge in [0.1, 0.15) is 0 Å². The first-order valence-corrected chi connectivity index (χ1v) is 4.47. The Morgan fingerprint density at radius 1 is 1.69 bits per heavy atom. The summed E-state index contributed by atoms with van der Waals surface area (Å²) >= 11 is 0. The standard InChI is InChI=1S/C10H12N2O4/c1-4-10(2,16-3)8(14)12-6-5-7(13)11-9(12)15/h1,5-6,8,14H,2-3H3,(H,11,13,15). The van der Waals surface area contributed by atoms with Gasteiger partial charge in [0.05, 0.1) is 0 Å². The number of nitrogens with zero attached hydrogens (tertiary/aromatic N) is 1. The predicted molar refractivity (Wildman–Crippen MR) is 56.8 cm³/mol. The number of aromatic amines is 1. The van der Waals surface area contributed by atoms with Gasteiger partial charge in [0.15, 0.2) is 11.8 Å². The Kier molecular flexibility index (Phi) is 3.32. The summed E-state index contributed by atoms with van der Waals surface area (Å²) < 4.78 is 5.84. The lowest BCUT2D eigenvalue weighted by atomic mass is 10.1. The van der Waals surface area contributed by atoms with E-state index in [0.29, 0.717) is 0 Å². The van der Waals surface area contributed by atoms with E-state index < -0.39 is 23.1 Å². The molecule has 0 spiro atoms. The van der Waals surface area contributed by atoms with Gasteiger partial charge in [0, 0.05) is 19.4 Å². The van der Waals surface area contributed by atoms with Crippen molar-refractivity contribution >= 4 is 0 Å². The molecule has 0 amide bonds. The largest absolute Gasteiger partial charge is 0.369 e. The van der Waals surface area contributed by atoms with E-state index in [4.69, 9.17) is 11.2 Å². The van der Waals surface area contributed by atoms with Crippen molar-refractivity contribution in [3.05, 3.63) is 33.1 Å². The molecule has 0 radical (unpaired) electrons. The number of terminal acetylenes is 1. The second-order valence-corrected chi connectivity index (χ2v) is 3.35. The zero-order chi connectivity index (χ0) is 12.3. The Hall–Kier alpha value is -1.84. The first-order chi connectivity index (χ1) is 7.44. The summed E-state index contributed by atoms with van der Waals surface area (Å²) in [5.74, 6) is 2.24. The highest BCUT2D eigenvalue weighted by Crippen LogP contribution is 2.20. The highest BCUT2D eigenvalue weighted by Gasteiger charge is 2.32. The highest BCUT2D eigenvalue weighted by atomic mass is 16.5. The maximum absolute atomic E-state index is 11.4. The number of hydrogen-bond acceptors (Lipinski definition) is 4. The Balaban J connectivity index is 3.26. The molecule has 1 aromatic heterocycles. The van der Waals surface area contributed by atoms with Crippen molar-refractivity contribution in [1.29, 1.82) is 0 Å². The molecule has 0 saturated carbocycles. The van der Waals surface area contributed by atoms with Gasteiger partial charge < -0.3 is 9.84 Å². The quantitative estimate of drug-likeness (QED) is 0.649. The minimum atomic E-state index is -1.38. The summed E-state index contributed by atoms with van der Waals surface area (Å²) in [4.78, 5) is 24.2. The van der Waals surface area contributed by atoms with Crippen LogP contribution in [0.5, 0.6) is 0 Å². The number of methoxy groups -OCH3 is 1. The minimum Gasteiger partial charge on any atom is -0.369 e. The fourth-order valence-corrected chi connectivity index (χ4v) is 1.12. The van der Waals surface area contributed by atoms with E-state index in [1.54, 1.807) is 0 Å². The summed E-state index contributed by atoms with van der Waals surface area (Å²) in [7, 11) is 1.32. The molecule has 0 bridgehead atoms. The summed E-state index contributed by atoms with van der Waals surface area (Å²) in [5.41, 5.74) is -2.64. The topological polar surface area (TPSA) is 84.3 Å². The lowest BCUT2D eigenvalue weighted by Crippen LogP contribution is -2.43. The van der Waals surface area contributed by atoms with Crippen LogP contribution in [-0.4, -0.2) is 27.4 Å². The molecular weight excluding hydrogens is 212 g/mol. The molecule has 2 N–H and O–H groups in total. The fraction of sp³-hybridized carbons (Fsp3) is 0.400. The number of rotatable bonds is 3. The lowest BCUT2D eigenvalue weighted by molar-refractivity contribution is -0.0897. The first-order valence-electron chi connectivity index (χ1n) is 4.47. The van der Waals surface area contributed by atoms with Gasteiger partial charge in [-0.25, -0.2) is 4.79 Å². The van der Waals surface area contributed by atoms with Crippen LogP contribution in [0.3, 0.4) is 0 Å². The van der Waals surface area contributed by atoms with E-state index in [9.17, 15) is 14.7 Å². The molecule has 86 valence electrons. The summed E-state index contributed by atoms with van der Waals surface area (Å²) in [6.07, 6.45) is 4.98. The molecular formula is C10H12N2O4. The van der Waals surface area contributed by atoms with Crippen LogP contribution in [0.1, 0.15) is 13.2 Å². The van der Waals surface area contributed by atoms with Crippen molar-refractivity contribution in [2.45, 2.75) is 18.8 Å². The second-order valence-electron chi connectivity index (χ2n) is 3.35. The summed E-state index contributed by atoms with van der Waals surface area (Å²) in [5, 5.41) is 9.88. The van der Waals surface area contributed by atoms with Crippen molar-refractivity contribution < 1.29 is 9.84 Å². The van der Waals surface area contributed by atoms with Gasteiger partial charge >= 0.3 is 5.69 Å². The highest BCUT2D eigenvalue weighted by molar-refractivity contribution is 5.09. The lowest BCUT2D eigenvalue weighted by Gasteiger charge is -2.28. The third-order valence-corrected chi connectivity index (χ3v) is 2.32. The third-order valence-electron chi connectivity index (χ3n) is 2.32. The molecule has 16 heavy (non-hydrogen) atoms. The SMILES string of the molecule is C#CC(C)(OC)C(O)n1ccc(=O)[nH]c1=O. The number of ether oxygens (including phenoxy) is 1. The Bertz CT molecular complexity index is 525. The van der Waals surface area contributed by atoms with E-state index in [1.807, 2.05) is 4.98 Å². The number of aliphatic hydroxyl groups is 1. The Morgan fingerprint density at radius 2 is 2.31 bits per heavy atom. The van der Waals surface area contributed by atoms with Crippen LogP contribution in [0.4, 0.5) is 0 Å². The van der Waals surface area contributed by atoms with Crippen LogP contribution >= 0.6 is 0 Å². The fourth-order valence-electron chi connectivity index (χ4n) is 1.12. The van der Waals surface area contributed by atoms with Gasteiger partial charge in [0.2, 0.25) is 0 Å². The van der Waals surface area contributed by atoms with Gasteiger partial charge in [-0.1, -0.05) is 5.92 Å². The van der Waals surface area contributed by atoms with Crippen LogP contribution in [0.2, 0.25) is 0 Å². The molecule has 2 atom stereocenters. The predicted octanol–water partition coefficient (Wildman–Crippen LogP) is -0.934. The number of aliphatic hydroxyl groups excluding tert-OH is 1. The molecule has 0 aliphatic rings. The average Bonchev–Trinajstić information content (AvgIpc) is 2.27. The average molecular weight is 224 g/mol. The van der Waals surface area contributed by atoms with Gasteiger partial charge in [-0.2, -0.15) is 0 Å². The molecule has 0 aliphatic heterocycles. The molecule has 6 nitrogen and oxygen atoms in total. The Morgan fingerprint density at radius 3 is 2.75 bits per heavy atom. The number of aromatic nitrogens is 2. The smallest absolute Gasteiger partial charge is 0.330 e. The van der Waals surface area contributed by atoms with Gasteiger partial charge in [-0.05, 0) is 6.92 Å². The zero-order valence-electron chi connectivity index (χ0n) is 8.93. The number of H-pyrrole nitrogens is 1. The van der Waals surface area contributed by atoms with Crippen molar-refractivity contribution in [1.82, 2.24) is 9.55 Å². The third kappa shape index (κ3) is 2.05. The van der Waals surface area contributed by atoms with Crippen molar-refractivity contribution in [2.75, 3.05) is 7.11 Å². The van der Waals surface area contributed by atoms with E-state index in [2.05, 4.69) is 5.92 Å². The zero-order valence-corrected chi connectivity index (χ0v) is 8.93. The monoisotopic (exact) mass is 224 g/mol. The van der Waals surface area contributed by atoms with E-state index >= 15 is 0 Å². The van der Waals surface area contributed by atoms with Gasteiger partial charge in [-0.15, -0.1) is 6.42 Å². The molecule has 1 rings (SSSR count). The first kappa shape index (κ1) is 12.2. The number of hydrogen-bond donors (Lipinski definition) is 2. The summed E-state index contributed by atoms with van der Waals surface area (Å²) in [6.45, 7) is 1.45. The summed E-state index contributed by atoms with van der Waals surface area (Å²) in [6, 6.07) is 1.11. The van der Waals surface area contributed by atoms with Crippen LogP contribution < -0.4 is 11.2 Å². The van der Waals surface area contributed by atoms with Crippen LogP contribution in [0.15, 0.2) is 21.9 Å². The van der Waals surface area contributed by atoms with E-state index in [0.717, 1.165) is 16.8 Å². The molecule has 1 aromatic rings. The van der Waals surface area contributed by atoms with Gasteiger partial charge in [0.25, 0.3) is 5.56 Å². The minimum absolute atomic E-state index is 0.548.